The van der Waals surface area contributed by atoms with Crippen LogP contribution in [0.15, 0.2) is 24.5 Å². The van der Waals surface area contributed by atoms with Crippen molar-refractivity contribution in [1.82, 2.24) is 15.8 Å². The van der Waals surface area contributed by atoms with Crippen LogP contribution in [0.25, 0.3) is 0 Å². The van der Waals surface area contributed by atoms with E-state index in [0.717, 1.165) is 31.4 Å². The molecule has 0 unspecified atom stereocenters. The first-order chi connectivity index (χ1) is 9.65. The van der Waals surface area contributed by atoms with Gasteiger partial charge in [0.1, 0.15) is 0 Å². The van der Waals surface area contributed by atoms with Crippen LogP contribution in [0.4, 0.5) is 5.69 Å². The molecule has 1 aromatic heterocycles. The zero-order valence-electron chi connectivity index (χ0n) is 13.0. The Bertz CT molecular complexity index is 423. The van der Waals surface area contributed by atoms with E-state index < -0.39 is 0 Å². The highest BCUT2D eigenvalue weighted by atomic mass is 35.5. The van der Waals surface area contributed by atoms with Gasteiger partial charge in [-0.3, -0.25) is 20.6 Å². The molecule has 0 aliphatic heterocycles. The fourth-order valence-electron chi connectivity index (χ4n) is 2.46. The Morgan fingerprint density at radius 1 is 1.14 bits per heavy atom. The number of carbonyl (C=O) groups is 1. The van der Waals surface area contributed by atoms with Crippen LogP contribution in [0.2, 0.25) is 0 Å². The largest absolute Gasteiger partial charge is 0.326 e. The maximum absolute atomic E-state index is 12.2. The Morgan fingerprint density at radius 2 is 1.73 bits per heavy atom. The van der Waals surface area contributed by atoms with Crippen molar-refractivity contribution in [3.8, 4) is 0 Å². The van der Waals surface area contributed by atoms with Crippen molar-refractivity contribution in [3.63, 3.8) is 0 Å². The smallest absolute Gasteiger partial charge is 0.227 e. The molecule has 1 aromatic rings. The topological polar surface area (TPSA) is 66.0 Å². The van der Waals surface area contributed by atoms with Gasteiger partial charge in [-0.15, -0.1) is 24.8 Å². The van der Waals surface area contributed by atoms with E-state index in [1.165, 1.54) is 0 Å². The van der Waals surface area contributed by atoms with Crippen molar-refractivity contribution in [1.29, 1.82) is 0 Å². The summed E-state index contributed by atoms with van der Waals surface area (Å²) in [6.45, 7) is 4.22. The molecule has 3 N–H and O–H groups in total. The molecule has 2 rings (SSSR count). The molecular formula is C15H26Cl2N4O. The lowest BCUT2D eigenvalue weighted by Crippen LogP contribution is -2.46. The Balaban J connectivity index is 0.00000220. The van der Waals surface area contributed by atoms with Gasteiger partial charge in [-0.2, -0.15) is 0 Å². The fraction of sp³-hybridized carbons (Fsp3) is 0.600. The van der Waals surface area contributed by atoms with Crippen LogP contribution >= 0.6 is 24.8 Å². The zero-order chi connectivity index (χ0) is 14.4. The number of nitrogens with one attached hydrogen (secondary N) is 3. The standard InChI is InChI=1S/C15H24N4O.2ClH/c1-11(2)18-19-14-5-3-12(4-6-14)15(20)17-13-7-9-16-10-8-13;;/h7-12,14,18-19H,3-6H2,1-2H3,(H,16,17,20);2*1H/t12-,14-;;. The van der Waals surface area contributed by atoms with E-state index in [2.05, 4.69) is 35.0 Å². The van der Waals surface area contributed by atoms with Gasteiger partial charge in [-0.25, -0.2) is 0 Å². The van der Waals surface area contributed by atoms with Gasteiger partial charge in [0, 0.05) is 36.1 Å². The number of pyridine rings is 1. The first kappa shape index (κ1) is 21.1. The summed E-state index contributed by atoms with van der Waals surface area (Å²) in [4.78, 5) is 16.1. The molecule has 0 aromatic carbocycles. The summed E-state index contributed by atoms with van der Waals surface area (Å²) >= 11 is 0. The molecule has 0 saturated heterocycles. The lowest BCUT2D eigenvalue weighted by molar-refractivity contribution is -0.120. The summed E-state index contributed by atoms with van der Waals surface area (Å²) in [5.41, 5.74) is 7.41. The maximum atomic E-state index is 12.2. The first-order valence-corrected chi connectivity index (χ1v) is 7.37. The van der Waals surface area contributed by atoms with E-state index in [1.807, 2.05) is 12.1 Å². The molecule has 1 aliphatic carbocycles. The Hall–Kier alpha value is -0.880. The average Bonchev–Trinajstić information content (AvgIpc) is 2.46. The van der Waals surface area contributed by atoms with E-state index in [-0.39, 0.29) is 36.6 Å². The summed E-state index contributed by atoms with van der Waals surface area (Å²) in [6, 6.07) is 4.54. The van der Waals surface area contributed by atoms with Crippen LogP contribution in [0.5, 0.6) is 0 Å². The molecule has 1 aliphatic rings. The molecule has 22 heavy (non-hydrogen) atoms. The minimum atomic E-state index is 0. The minimum absolute atomic E-state index is 0. The summed E-state index contributed by atoms with van der Waals surface area (Å²) in [5, 5.41) is 2.96. The van der Waals surface area contributed by atoms with E-state index >= 15 is 0 Å². The van der Waals surface area contributed by atoms with E-state index in [1.54, 1.807) is 12.4 Å². The fourth-order valence-corrected chi connectivity index (χ4v) is 2.46. The molecule has 1 heterocycles. The predicted molar refractivity (Wildman–Crippen MR) is 94.5 cm³/mol. The summed E-state index contributed by atoms with van der Waals surface area (Å²) in [5.74, 6) is 0.256. The third-order valence-electron chi connectivity index (χ3n) is 3.62. The van der Waals surface area contributed by atoms with Crippen molar-refractivity contribution in [2.24, 2.45) is 5.92 Å². The Labute approximate surface area is 144 Å². The van der Waals surface area contributed by atoms with Crippen LogP contribution in [0.3, 0.4) is 0 Å². The van der Waals surface area contributed by atoms with Crippen LogP contribution in [-0.2, 0) is 4.79 Å². The predicted octanol–water partition coefficient (Wildman–Crippen LogP) is 2.93. The second-order valence-corrected chi connectivity index (χ2v) is 5.72. The van der Waals surface area contributed by atoms with Gasteiger partial charge in [-0.1, -0.05) is 0 Å². The zero-order valence-corrected chi connectivity index (χ0v) is 14.7. The first-order valence-electron chi connectivity index (χ1n) is 7.37. The molecule has 7 heteroatoms. The van der Waals surface area contributed by atoms with E-state index in [9.17, 15) is 4.79 Å². The van der Waals surface area contributed by atoms with Crippen LogP contribution in [0, 0.1) is 5.92 Å². The molecule has 0 radical (unpaired) electrons. The lowest BCUT2D eigenvalue weighted by Gasteiger charge is -2.29. The number of rotatable bonds is 5. The normalized spacial score (nSPS) is 20.7. The number of halogens is 2. The highest BCUT2D eigenvalue weighted by Crippen LogP contribution is 2.25. The number of anilines is 1. The lowest BCUT2D eigenvalue weighted by atomic mass is 9.85. The van der Waals surface area contributed by atoms with Gasteiger partial charge in [0.25, 0.3) is 0 Å². The number of amides is 1. The second kappa shape index (κ2) is 10.8. The number of aromatic nitrogens is 1. The summed E-state index contributed by atoms with van der Waals surface area (Å²) in [7, 11) is 0. The molecular weight excluding hydrogens is 323 g/mol. The number of hydrogen-bond donors (Lipinski definition) is 3. The molecule has 0 spiro atoms. The highest BCUT2D eigenvalue weighted by Gasteiger charge is 2.26. The average molecular weight is 349 g/mol. The van der Waals surface area contributed by atoms with Crippen molar-refractivity contribution >= 4 is 36.4 Å². The second-order valence-electron chi connectivity index (χ2n) is 5.72. The van der Waals surface area contributed by atoms with Gasteiger partial charge in [0.2, 0.25) is 5.91 Å². The Morgan fingerprint density at radius 3 is 2.27 bits per heavy atom. The molecule has 1 fully saturated rings. The van der Waals surface area contributed by atoms with Crippen LogP contribution in [-0.4, -0.2) is 23.0 Å². The maximum Gasteiger partial charge on any atom is 0.227 e. The minimum Gasteiger partial charge on any atom is -0.326 e. The number of hydrazine groups is 1. The van der Waals surface area contributed by atoms with Gasteiger partial charge in [0.15, 0.2) is 0 Å². The quantitative estimate of drug-likeness (QED) is 0.715. The molecule has 0 atom stereocenters. The monoisotopic (exact) mass is 348 g/mol. The molecule has 1 amide bonds. The van der Waals surface area contributed by atoms with Crippen molar-refractivity contribution < 1.29 is 4.79 Å². The van der Waals surface area contributed by atoms with Gasteiger partial charge >= 0.3 is 0 Å². The Kier molecular flexibility index (Phi) is 10.3. The van der Waals surface area contributed by atoms with Crippen molar-refractivity contribution in [2.75, 3.05) is 5.32 Å². The number of carbonyl (C=O) groups excluding carboxylic acids is 1. The summed E-state index contributed by atoms with van der Waals surface area (Å²) < 4.78 is 0. The van der Waals surface area contributed by atoms with Gasteiger partial charge in [0.05, 0.1) is 0 Å². The van der Waals surface area contributed by atoms with E-state index in [0.29, 0.717) is 12.1 Å². The third kappa shape index (κ3) is 6.92. The van der Waals surface area contributed by atoms with Gasteiger partial charge in [-0.05, 0) is 51.7 Å². The molecule has 0 bridgehead atoms. The number of hydrogen-bond acceptors (Lipinski definition) is 4. The molecule has 5 nitrogen and oxygen atoms in total. The molecule has 126 valence electrons. The molecule has 1 saturated carbocycles. The van der Waals surface area contributed by atoms with Crippen LogP contribution < -0.4 is 16.2 Å². The number of nitrogens with zero attached hydrogens (tertiary/aromatic N) is 1. The van der Waals surface area contributed by atoms with Crippen LogP contribution in [0.1, 0.15) is 39.5 Å². The SMILES string of the molecule is CC(C)NN[C@H]1CC[C@H](C(=O)Nc2ccncc2)CC1.Cl.Cl. The summed E-state index contributed by atoms with van der Waals surface area (Å²) in [6.07, 6.45) is 7.33. The third-order valence-corrected chi connectivity index (χ3v) is 3.62. The van der Waals surface area contributed by atoms with Gasteiger partial charge < -0.3 is 5.32 Å². The van der Waals surface area contributed by atoms with E-state index in [4.69, 9.17) is 0 Å². The van der Waals surface area contributed by atoms with Crippen molar-refractivity contribution in [3.05, 3.63) is 24.5 Å². The highest BCUT2D eigenvalue weighted by molar-refractivity contribution is 5.92. The van der Waals surface area contributed by atoms with Crippen molar-refractivity contribution in [2.45, 2.75) is 51.6 Å².